The summed E-state index contributed by atoms with van der Waals surface area (Å²) in [7, 11) is 5.25. The second-order valence-corrected chi connectivity index (χ2v) is 19.9. The first kappa shape index (κ1) is 53.8. The molecule has 0 saturated carbocycles. The Balaban J connectivity index is 2.28. The van der Waals surface area contributed by atoms with E-state index in [9.17, 15) is 30.3 Å². The molecule has 3 heterocycles. The third-order valence-electron chi connectivity index (χ3n) is 13.8. The fourth-order valence-corrected chi connectivity index (χ4v) is 9.78. The van der Waals surface area contributed by atoms with Gasteiger partial charge >= 0.3 is 5.97 Å². The molecule has 0 amide bonds. The molecule has 0 aliphatic carbocycles. The molecule has 3 aliphatic rings. The van der Waals surface area contributed by atoms with Crippen LogP contribution in [0.15, 0.2) is 5.16 Å². The van der Waals surface area contributed by atoms with E-state index < -0.39 is 107 Å². The Kier molecular flexibility index (Phi) is 19.1. The Morgan fingerprint density at radius 3 is 2.03 bits per heavy atom. The molecule has 3 saturated heterocycles. The van der Waals surface area contributed by atoms with E-state index >= 15 is 0 Å². The van der Waals surface area contributed by atoms with E-state index in [1.54, 1.807) is 48.5 Å². The number of rotatable bonds is 13. The first-order valence-corrected chi connectivity index (χ1v) is 22.6. The number of likely N-dealkylation sites (N-methyl/N-ethyl adjacent to an activating group) is 2. The van der Waals surface area contributed by atoms with Gasteiger partial charge in [0.1, 0.15) is 29.5 Å². The average Bonchev–Trinajstić information content (AvgIpc) is 3.18. The maximum Gasteiger partial charge on any atom is 0.311 e. The standard InChI is InChI=1S/C45H85N3O13/c1-18-32-45(14,54)37(50)27(6)34(46-61-42(10,11)24-48(19-2)20-3)25(4)22-43(12,53)39(60-41-35(49)31(47(15)16)21-26(5)56-41)28(7)36(29(8)40(52)58-32)59-33-23-44(13,55-17)38(51)30(9)57-33/h25-33,35-39,41,49-51,53-54H,18-24H2,1-17H3/b46-34+/t25-,26-,27+,28+,29-,30+,31+,32?,33+,35-,36?,37-,38+,39-,41+,43-,44-,45-/m1/s1. The molecule has 5 N–H and O–H groups in total. The van der Waals surface area contributed by atoms with Crippen LogP contribution >= 0.6 is 0 Å². The molecule has 3 aliphatic heterocycles. The molecule has 0 bridgehead atoms. The quantitative estimate of drug-likeness (QED) is 0.132. The van der Waals surface area contributed by atoms with Crippen LogP contribution < -0.4 is 0 Å². The van der Waals surface area contributed by atoms with Gasteiger partial charge in [-0.1, -0.05) is 46.7 Å². The van der Waals surface area contributed by atoms with Crippen LogP contribution in [0.5, 0.6) is 0 Å². The van der Waals surface area contributed by atoms with Crippen LogP contribution in [-0.4, -0.2) is 178 Å². The predicted octanol–water partition coefficient (Wildman–Crippen LogP) is 3.71. The number of oxime groups is 1. The largest absolute Gasteiger partial charge is 0.459 e. The van der Waals surface area contributed by atoms with Crippen molar-refractivity contribution < 1.29 is 63.6 Å². The fourth-order valence-electron chi connectivity index (χ4n) is 9.78. The lowest BCUT2D eigenvalue weighted by Crippen LogP contribution is -2.61. The summed E-state index contributed by atoms with van der Waals surface area (Å²) >= 11 is 0. The van der Waals surface area contributed by atoms with Gasteiger partial charge in [0, 0.05) is 43.9 Å². The van der Waals surface area contributed by atoms with Crippen molar-refractivity contribution in [1.29, 1.82) is 0 Å². The zero-order valence-corrected chi connectivity index (χ0v) is 40.5. The van der Waals surface area contributed by atoms with E-state index in [0.717, 1.165) is 13.1 Å². The SMILES string of the molecule is CCC1OC(=O)[C@H](C)C(O[C@H]2C[C@@](C)(OC)[C@@H](O)[C@H](C)O2)[C@H](C)[C@@H](O[C@@H]2O[C@H](C)C[C@H](N(C)C)[C@H]2O)[C@](C)(O)C[C@@H](C)/C(=N\OC(C)(C)CN(CC)CC)[C@H](C)[C@@H](O)[C@]1(C)O. The van der Waals surface area contributed by atoms with Crippen molar-refractivity contribution in [3.8, 4) is 0 Å². The number of aliphatic hydroxyl groups is 5. The Hall–Kier alpha value is -1.54. The topological polar surface area (TPSA) is 202 Å². The van der Waals surface area contributed by atoms with Gasteiger partial charge in [-0.25, -0.2) is 0 Å². The lowest BCUT2D eigenvalue weighted by molar-refractivity contribution is -0.317. The normalized spacial score (nSPS) is 44.6. The summed E-state index contributed by atoms with van der Waals surface area (Å²) in [6, 6.07) is -0.320. The van der Waals surface area contributed by atoms with E-state index in [4.69, 9.17) is 38.4 Å². The van der Waals surface area contributed by atoms with Gasteiger partial charge < -0.3 is 63.7 Å². The molecule has 0 aromatic rings. The molecule has 61 heavy (non-hydrogen) atoms. The fraction of sp³-hybridized carbons (Fsp3) is 0.956. The average molecular weight is 876 g/mol. The third-order valence-corrected chi connectivity index (χ3v) is 13.8. The van der Waals surface area contributed by atoms with E-state index in [1.807, 2.05) is 46.7 Å². The van der Waals surface area contributed by atoms with Crippen LogP contribution in [0.3, 0.4) is 0 Å². The lowest BCUT2D eigenvalue weighted by Gasteiger charge is -2.49. The lowest BCUT2D eigenvalue weighted by atomic mass is 9.73. The number of carbonyl (C=O) groups excluding carboxylic acids is 1. The highest BCUT2D eigenvalue weighted by Gasteiger charge is 2.53. The molecule has 18 atom stereocenters. The number of aliphatic hydroxyl groups excluding tert-OH is 3. The summed E-state index contributed by atoms with van der Waals surface area (Å²) in [5.41, 5.74) is -5.13. The molecule has 0 aromatic heterocycles. The van der Waals surface area contributed by atoms with Gasteiger partial charge in [-0.2, -0.15) is 0 Å². The zero-order valence-electron chi connectivity index (χ0n) is 40.5. The minimum atomic E-state index is -1.95. The Labute approximate surface area is 366 Å². The van der Waals surface area contributed by atoms with Crippen LogP contribution in [0, 0.1) is 23.7 Å². The molecule has 3 rings (SSSR count). The number of hydrogen-bond donors (Lipinski definition) is 5. The molecule has 0 aromatic carbocycles. The molecular formula is C45H85N3O13. The van der Waals surface area contributed by atoms with Gasteiger partial charge in [-0.3, -0.25) is 9.69 Å². The second-order valence-electron chi connectivity index (χ2n) is 19.9. The molecule has 2 unspecified atom stereocenters. The maximum atomic E-state index is 14.4. The second kappa shape index (κ2) is 21.6. The van der Waals surface area contributed by atoms with Gasteiger partial charge in [0.2, 0.25) is 0 Å². The summed E-state index contributed by atoms with van der Waals surface area (Å²) in [6.07, 6.45) is -9.31. The van der Waals surface area contributed by atoms with Crippen molar-refractivity contribution in [2.75, 3.05) is 40.8 Å². The highest BCUT2D eigenvalue weighted by molar-refractivity contribution is 5.88. The van der Waals surface area contributed by atoms with Crippen LogP contribution in [0.25, 0.3) is 0 Å². The van der Waals surface area contributed by atoms with E-state index in [1.165, 1.54) is 14.0 Å². The number of methoxy groups -OCH3 is 1. The van der Waals surface area contributed by atoms with Crippen LogP contribution in [0.4, 0.5) is 0 Å². The minimum Gasteiger partial charge on any atom is -0.459 e. The molecule has 0 radical (unpaired) electrons. The van der Waals surface area contributed by atoms with Gasteiger partial charge in [0.15, 0.2) is 12.6 Å². The highest BCUT2D eigenvalue weighted by Crippen LogP contribution is 2.41. The van der Waals surface area contributed by atoms with E-state index in [2.05, 4.69) is 18.7 Å². The highest BCUT2D eigenvalue weighted by atomic mass is 16.7. The monoisotopic (exact) mass is 876 g/mol. The predicted molar refractivity (Wildman–Crippen MR) is 232 cm³/mol. The summed E-state index contributed by atoms with van der Waals surface area (Å²) in [6.45, 7) is 27.5. The number of ether oxygens (including phenoxy) is 6. The van der Waals surface area contributed by atoms with Gasteiger partial charge in [0.05, 0.1) is 53.4 Å². The molecule has 16 heteroatoms. The molecule has 0 spiro atoms. The van der Waals surface area contributed by atoms with E-state index in [-0.39, 0.29) is 31.4 Å². The first-order valence-electron chi connectivity index (χ1n) is 22.6. The first-order chi connectivity index (χ1) is 28.1. The molecular weight excluding hydrogens is 791 g/mol. The zero-order chi connectivity index (χ0) is 46.6. The Morgan fingerprint density at radius 2 is 1.49 bits per heavy atom. The molecule has 358 valence electrons. The summed E-state index contributed by atoms with van der Waals surface area (Å²) < 4.78 is 38.0. The van der Waals surface area contributed by atoms with Crippen molar-refractivity contribution in [3.05, 3.63) is 0 Å². The number of cyclic esters (lactones) is 1. The van der Waals surface area contributed by atoms with E-state index in [0.29, 0.717) is 18.7 Å². The molecule has 16 nitrogen and oxygen atoms in total. The number of esters is 1. The number of nitrogens with zero attached hydrogens (tertiary/aromatic N) is 3. The summed E-state index contributed by atoms with van der Waals surface area (Å²) in [4.78, 5) is 24.9. The smallest absolute Gasteiger partial charge is 0.311 e. The summed E-state index contributed by atoms with van der Waals surface area (Å²) in [5.74, 6) is -4.03. The molecule has 3 fully saturated rings. The minimum absolute atomic E-state index is 0.00299. The van der Waals surface area contributed by atoms with Crippen molar-refractivity contribution >= 4 is 11.7 Å². The Morgan fingerprint density at radius 1 is 0.885 bits per heavy atom. The van der Waals surface area contributed by atoms with Crippen molar-refractivity contribution in [2.45, 2.75) is 212 Å². The third kappa shape index (κ3) is 12.8. The van der Waals surface area contributed by atoms with Gasteiger partial charge in [0.25, 0.3) is 0 Å². The van der Waals surface area contributed by atoms with Crippen molar-refractivity contribution in [1.82, 2.24) is 9.80 Å². The van der Waals surface area contributed by atoms with Gasteiger partial charge in [-0.15, -0.1) is 0 Å². The number of carbonyl (C=O) groups is 1. The van der Waals surface area contributed by atoms with Crippen molar-refractivity contribution in [3.63, 3.8) is 0 Å². The van der Waals surface area contributed by atoms with Crippen LogP contribution in [0.2, 0.25) is 0 Å². The Bertz CT molecular complexity index is 1410. The number of hydrogen-bond acceptors (Lipinski definition) is 16. The maximum absolute atomic E-state index is 14.4. The van der Waals surface area contributed by atoms with Gasteiger partial charge in [-0.05, 0) is 102 Å². The van der Waals surface area contributed by atoms with Crippen molar-refractivity contribution in [2.24, 2.45) is 28.8 Å². The summed E-state index contributed by atoms with van der Waals surface area (Å²) in [5, 5.41) is 64.6. The van der Waals surface area contributed by atoms with Crippen LogP contribution in [-0.2, 0) is 38.1 Å². The van der Waals surface area contributed by atoms with Crippen LogP contribution in [0.1, 0.15) is 123 Å².